The van der Waals surface area contributed by atoms with Gasteiger partial charge in [0.1, 0.15) is 5.69 Å². The molecule has 1 amide bonds. The molecule has 0 unspecified atom stereocenters. The van der Waals surface area contributed by atoms with E-state index in [-0.39, 0.29) is 5.91 Å². The molecule has 0 atom stereocenters. The first-order valence-electron chi connectivity index (χ1n) is 8.50. The molecular formula is C19H26N4O. The molecule has 5 nitrogen and oxygen atoms in total. The quantitative estimate of drug-likeness (QED) is 0.875. The van der Waals surface area contributed by atoms with Crippen LogP contribution < -0.4 is 5.32 Å². The van der Waals surface area contributed by atoms with E-state index >= 15 is 0 Å². The van der Waals surface area contributed by atoms with Gasteiger partial charge in [-0.25, -0.2) is 9.97 Å². The van der Waals surface area contributed by atoms with Crippen LogP contribution in [-0.4, -0.2) is 33.9 Å². The maximum atomic E-state index is 12.6. The minimum Gasteiger partial charge on any atom is -0.338 e. The molecule has 2 aromatic rings. The van der Waals surface area contributed by atoms with E-state index in [2.05, 4.69) is 41.3 Å². The lowest BCUT2D eigenvalue weighted by molar-refractivity contribution is 0.0767. The van der Waals surface area contributed by atoms with Crippen molar-refractivity contribution in [1.29, 1.82) is 0 Å². The Balaban J connectivity index is 2.38. The van der Waals surface area contributed by atoms with Crippen LogP contribution in [0.1, 0.15) is 48.1 Å². The van der Waals surface area contributed by atoms with Crippen molar-refractivity contribution >= 4 is 17.5 Å². The Hall–Kier alpha value is -2.43. The maximum Gasteiger partial charge on any atom is 0.272 e. The molecule has 1 N–H and O–H groups in total. The molecule has 1 aromatic carbocycles. The summed E-state index contributed by atoms with van der Waals surface area (Å²) >= 11 is 0. The molecule has 0 radical (unpaired) electrons. The molecule has 0 bridgehead atoms. The Morgan fingerprint density at radius 1 is 1.12 bits per heavy atom. The van der Waals surface area contributed by atoms with Gasteiger partial charge in [-0.15, -0.1) is 0 Å². The third-order valence-electron chi connectivity index (χ3n) is 4.10. The first-order valence-corrected chi connectivity index (χ1v) is 8.50. The summed E-state index contributed by atoms with van der Waals surface area (Å²) in [6.07, 6.45) is 0.918. The van der Waals surface area contributed by atoms with Gasteiger partial charge in [0.2, 0.25) is 5.95 Å². The smallest absolute Gasteiger partial charge is 0.272 e. The molecule has 2 rings (SSSR count). The third kappa shape index (κ3) is 3.91. The fourth-order valence-corrected chi connectivity index (χ4v) is 2.72. The monoisotopic (exact) mass is 326 g/mol. The lowest BCUT2D eigenvalue weighted by Gasteiger charge is -2.19. The molecule has 0 fully saturated rings. The lowest BCUT2D eigenvalue weighted by atomic mass is 10.1. The standard InChI is InChI=1S/C19H26N4O/c1-6-15-11-9-10-13(4)17(15)22-19-20-14(5)12-16(21-19)18(24)23(7-2)8-3/h9-12H,6-8H2,1-5H3,(H,20,21,22). The fraction of sp³-hybridized carbons (Fsp3) is 0.421. The van der Waals surface area contributed by atoms with E-state index in [0.29, 0.717) is 24.7 Å². The summed E-state index contributed by atoms with van der Waals surface area (Å²) in [5.74, 6) is 0.406. The van der Waals surface area contributed by atoms with Crippen molar-refractivity contribution in [2.75, 3.05) is 18.4 Å². The number of anilines is 2. The molecule has 0 saturated carbocycles. The van der Waals surface area contributed by atoms with E-state index in [0.717, 1.165) is 23.4 Å². The van der Waals surface area contributed by atoms with Crippen LogP contribution in [0, 0.1) is 13.8 Å². The van der Waals surface area contributed by atoms with Crippen LogP contribution in [0.5, 0.6) is 0 Å². The number of hydrogen-bond donors (Lipinski definition) is 1. The summed E-state index contributed by atoms with van der Waals surface area (Å²) < 4.78 is 0. The highest BCUT2D eigenvalue weighted by molar-refractivity contribution is 5.92. The highest BCUT2D eigenvalue weighted by Gasteiger charge is 2.16. The van der Waals surface area contributed by atoms with Crippen molar-refractivity contribution in [1.82, 2.24) is 14.9 Å². The second kappa shape index (κ2) is 7.90. The third-order valence-corrected chi connectivity index (χ3v) is 4.10. The van der Waals surface area contributed by atoms with E-state index in [4.69, 9.17) is 0 Å². The highest BCUT2D eigenvalue weighted by Crippen LogP contribution is 2.24. The van der Waals surface area contributed by atoms with Crippen LogP contribution in [0.2, 0.25) is 0 Å². The number of aromatic nitrogens is 2. The Morgan fingerprint density at radius 2 is 1.83 bits per heavy atom. The molecule has 1 heterocycles. The molecule has 0 spiro atoms. The summed E-state index contributed by atoms with van der Waals surface area (Å²) in [6.45, 7) is 11.3. The number of carbonyl (C=O) groups is 1. The number of amides is 1. The van der Waals surface area contributed by atoms with Gasteiger partial charge < -0.3 is 10.2 Å². The summed E-state index contributed by atoms with van der Waals surface area (Å²) in [7, 11) is 0. The van der Waals surface area contributed by atoms with Gasteiger partial charge in [0.25, 0.3) is 5.91 Å². The number of nitrogens with one attached hydrogen (secondary N) is 1. The number of aryl methyl sites for hydroxylation is 3. The summed E-state index contributed by atoms with van der Waals surface area (Å²) in [5.41, 5.74) is 4.56. The van der Waals surface area contributed by atoms with E-state index in [1.54, 1.807) is 11.0 Å². The Kier molecular flexibility index (Phi) is 5.90. The largest absolute Gasteiger partial charge is 0.338 e. The van der Waals surface area contributed by atoms with Crippen LogP contribution in [0.25, 0.3) is 0 Å². The normalized spacial score (nSPS) is 10.5. The van der Waals surface area contributed by atoms with E-state index in [9.17, 15) is 4.79 Å². The average molecular weight is 326 g/mol. The van der Waals surface area contributed by atoms with Gasteiger partial charge in [-0.1, -0.05) is 25.1 Å². The molecule has 128 valence electrons. The van der Waals surface area contributed by atoms with Gasteiger partial charge in [-0.2, -0.15) is 0 Å². The average Bonchev–Trinajstić information content (AvgIpc) is 2.57. The predicted molar refractivity (Wildman–Crippen MR) is 97.9 cm³/mol. The minimum absolute atomic E-state index is 0.0611. The Bertz CT molecular complexity index is 723. The fourth-order valence-electron chi connectivity index (χ4n) is 2.72. The molecule has 5 heteroatoms. The zero-order chi connectivity index (χ0) is 17.7. The number of hydrogen-bond acceptors (Lipinski definition) is 4. The van der Waals surface area contributed by atoms with Crippen LogP contribution in [0.3, 0.4) is 0 Å². The summed E-state index contributed by atoms with van der Waals surface area (Å²) in [6, 6.07) is 7.93. The van der Waals surface area contributed by atoms with Crippen molar-refractivity contribution in [3.63, 3.8) is 0 Å². The number of para-hydroxylation sites is 1. The molecular weight excluding hydrogens is 300 g/mol. The lowest BCUT2D eigenvalue weighted by Crippen LogP contribution is -2.31. The van der Waals surface area contributed by atoms with Gasteiger partial charge in [-0.3, -0.25) is 4.79 Å². The van der Waals surface area contributed by atoms with E-state index in [1.165, 1.54) is 5.56 Å². The zero-order valence-corrected chi connectivity index (χ0v) is 15.2. The molecule has 0 aliphatic rings. The van der Waals surface area contributed by atoms with Gasteiger partial charge >= 0.3 is 0 Å². The molecule has 24 heavy (non-hydrogen) atoms. The molecule has 0 aliphatic heterocycles. The van der Waals surface area contributed by atoms with Crippen molar-refractivity contribution in [3.05, 3.63) is 46.8 Å². The van der Waals surface area contributed by atoms with Crippen LogP contribution in [-0.2, 0) is 6.42 Å². The molecule has 0 saturated heterocycles. The Labute approximate surface area is 144 Å². The minimum atomic E-state index is -0.0611. The van der Waals surface area contributed by atoms with Crippen LogP contribution >= 0.6 is 0 Å². The first-order chi connectivity index (χ1) is 11.5. The first kappa shape index (κ1) is 17.9. The second-order valence-electron chi connectivity index (χ2n) is 5.78. The topological polar surface area (TPSA) is 58.1 Å². The van der Waals surface area contributed by atoms with Gasteiger partial charge in [0, 0.05) is 24.5 Å². The van der Waals surface area contributed by atoms with Gasteiger partial charge in [0.15, 0.2) is 0 Å². The van der Waals surface area contributed by atoms with Crippen molar-refractivity contribution in [3.8, 4) is 0 Å². The van der Waals surface area contributed by atoms with Crippen LogP contribution in [0.15, 0.2) is 24.3 Å². The molecule has 1 aromatic heterocycles. The van der Waals surface area contributed by atoms with Crippen molar-refractivity contribution in [2.24, 2.45) is 0 Å². The van der Waals surface area contributed by atoms with Gasteiger partial charge in [-0.05, 0) is 51.3 Å². The number of nitrogens with zero attached hydrogens (tertiary/aromatic N) is 3. The SMILES string of the molecule is CCc1cccc(C)c1Nc1nc(C)cc(C(=O)N(CC)CC)n1. The zero-order valence-electron chi connectivity index (χ0n) is 15.2. The van der Waals surface area contributed by atoms with E-state index < -0.39 is 0 Å². The second-order valence-corrected chi connectivity index (χ2v) is 5.78. The number of benzene rings is 1. The van der Waals surface area contributed by atoms with Crippen LogP contribution in [0.4, 0.5) is 11.6 Å². The Morgan fingerprint density at radius 3 is 2.46 bits per heavy atom. The summed E-state index contributed by atoms with van der Waals surface area (Å²) in [5, 5.41) is 3.31. The van der Waals surface area contributed by atoms with Crippen molar-refractivity contribution in [2.45, 2.75) is 41.0 Å². The van der Waals surface area contributed by atoms with E-state index in [1.807, 2.05) is 26.8 Å². The number of carbonyl (C=O) groups excluding carboxylic acids is 1. The highest BCUT2D eigenvalue weighted by atomic mass is 16.2. The summed E-state index contributed by atoms with van der Waals surface area (Å²) in [4.78, 5) is 23.2. The predicted octanol–water partition coefficient (Wildman–Crippen LogP) is 3.88. The number of rotatable bonds is 6. The van der Waals surface area contributed by atoms with Crippen molar-refractivity contribution < 1.29 is 4.79 Å². The van der Waals surface area contributed by atoms with Gasteiger partial charge in [0.05, 0.1) is 0 Å². The molecule has 0 aliphatic carbocycles. The maximum absolute atomic E-state index is 12.6.